The smallest absolute Gasteiger partial charge is 0.186 e. The second-order valence-electron chi connectivity index (χ2n) is 4.15. The highest BCUT2D eigenvalue weighted by atomic mass is 16.5. The number of aromatic nitrogens is 2. The molecule has 0 amide bonds. The van der Waals surface area contributed by atoms with Gasteiger partial charge in [-0.2, -0.15) is 5.10 Å². The summed E-state index contributed by atoms with van der Waals surface area (Å²) in [5.74, 6) is 1.43. The molecule has 1 aromatic carbocycles. The average molecular weight is 254 g/mol. The predicted octanol–water partition coefficient (Wildman–Crippen LogP) is 2.92. The molecule has 3 rings (SSSR count). The van der Waals surface area contributed by atoms with E-state index < -0.39 is 0 Å². The Morgan fingerprint density at radius 3 is 2.74 bits per heavy atom. The number of nitrogens with zero attached hydrogens (tertiary/aromatic N) is 2. The molecular formula is C15H14N2O2. The zero-order chi connectivity index (χ0) is 13.1. The van der Waals surface area contributed by atoms with Gasteiger partial charge in [0.25, 0.3) is 0 Å². The molecule has 4 nitrogen and oxygen atoms in total. The van der Waals surface area contributed by atoms with E-state index in [2.05, 4.69) is 5.10 Å². The zero-order valence-electron chi connectivity index (χ0n) is 10.6. The second-order valence-corrected chi connectivity index (χ2v) is 4.15. The Morgan fingerprint density at radius 1 is 1.11 bits per heavy atom. The third kappa shape index (κ3) is 2.25. The molecule has 0 N–H and O–H groups in total. The van der Waals surface area contributed by atoms with Gasteiger partial charge in [-0.1, -0.05) is 30.3 Å². The quantitative estimate of drug-likeness (QED) is 0.718. The number of methoxy groups -OCH3 is 1. The summed E-state index contributed by atoms with van der Waals surface area (Å²) in [6, 6.07) is 13.8. The first-order valence-electron chi connectivity index (χ1n) is 6.05. The lowest BCUT2D eigenvalue weighted by Gasteiger charge is -2.11. The van der Waals surface area contributed by atoms with Gasteiger partial charge in [0.1, 0.15) is 12.1 Å². The number of pyridine rings is 1. The van der Waals surface area contributed by atoms with Crippen molar-refractivity contribution in [1.82, 2.24) is 9.61 Å². The van der Waals surface area contributed by atoms with E-state index >= 15 is 0 Å². The molecule has 2 aromatic heterocycles. The first-order valence-corrected chi connectivity index (χ1v) is 6.05. The predicted molar refractivity (Wildman–Crippen MR) is 72.5 cm³/mol. The topological polar surface area (TPSA) is 35.8 Å². The summed E-state index contributed by atoms with van der Waals surface area (Å²) in [4.78, 5) is 0. The zero-order valence-corrected chi connectivity index (χ0v) is 10.6. The summed E-state index contributed by atoms with van der Waals surface area (Å²) in [7, 11) is 1.64. The maximum Gasteiger partial charge on any atom is 0.186 e. The fraction of sp³-hybridized carbons (Fsp3) is 0.133. The summed E-state index contributed by atoms with van der Waals surface area (Å²) in [5.41, 5.74) is 2.02. The summed E-state index contributed by atoms with van der Waals surface area (Å²) >= 11 is 0. The molecule has 0 spiro atoms. The molecule has 0 aliphatic heterocycles. The fourth-order valence-electron chi connectivity index (χ4n) is 2.01. The summed E-state index contributed by atoms with van der Waals surface area (Å²) in [6.45, 7) is 0.515. The SMILES string of the molecule is COc1c(OCc2ccccc2)ccn2nccc12. The van der Waals surface area contributed by atoms with Crippen molar-refractivity contribution in [1.29, 1.82) is 0 Å². The van der Waals surface area contributed by atoms with E-state index in [1.54, 1.807) is 17.8 Å². The molecule has 0 saturated carbocycles. The first kappa shape index (κ1) is 11.6. The van der Waals surface area contributed by atoms with E-state index in [-0.39, 0.29) is 0 Å². The van der Waals surface area contributed by atoms with Gasteiger partial charge in [-0.25, -0.2) is 4.52 Å². The lowest BCUT2D eigenvalue weighted by atomic mass is 10.2. The van der Waals surface area contributed by atoms with Gasteiger partial charge >= 0.3 is 0 Å². The van der Waals surface area contributed by atoms with E-state index in [0.717, 1.165) is 16.8 Å². The minimum Gasteiger partial charge on any atom is -0.491 e. The Balaban J connectivity index is 1.88. The molecule has 0 bridgehead atoms. The van der Waals surface area contributed by atoms with Crippen molar-refractivity contribution in [2.75, 3.05) is 7.11 Å². The number of hydrogen-bond acceptors (Lipinski definition) is 3. The molecule has 0 saturated heterocycles. The standard InChI is InChI=1S/C15H14N2O2/c1-18-15-13-7-9-16-17(13)10-8-14(15)19-11-12-5-3-2-4-6-12/h2-10H,11H2,1H3. The van der Waals surface area contributed by atoms with Crippen molar-refractivity contribution < 1.29 is 9.47 Å². The van der Waals surface area contributed by atoms with Crippen LogP contribution < -0.4 is 9.47 Å². The van der Waals surface area contributed by atoms with Crippen molar-refractivity contribution >= 4 is 5.52 Å². The van der Waals surface area contributed by atoms with E-state index in [0.29, 0.717) is 12.4 Å². The van der Waals surface area contributed by atoms with Gasteiger partial charge in [0.2, 0.25) is 0 Å². The van der Waals surface area contributed by atoms with E-state index in [9.17, 15) is 0 Å². The second kappa shape index (κ2) is 5.02. The maximum absolute atomic E-state index is 5.83. The highest BCUT2D eigenvalue weighted by Crippen LogP contribution is 2.31. The van der Waals surface area contributed by atoms with Crippen LogP contribution in [0.25, 0.3) is 5.52 Å². The van der Waals surface area contributed by atoms with Crippen molar-refractivity contribution in [2.45, 2.75) is 6.61 Å². The molecule has 0 aliphatic carbocycles. The fourth-order valence-corrected chi connectivity index (χ4v) is 2.01. The maximum atomic E-state index is 5.83. The van der Waals surface area contributed by atoms with Gasteiger partial charge in [0.05, 0.1) is 13.3 Å². The van der Waals surface area contributed by atoms with Crippen molar-refractivity contribution in [2.24, 2.45) is 0 Å². The molecule has 0 radical (unpaired) electrons. The Kier molecular flexibility index (Phi) is 3.06. The highest BCUT2D eigenvalue weighted by Gasteiger charge is 2.10. The first-order chi connectivity index (χ1) is 9.38. The molecule has 2 heterocycles. The van der Waals surface area contributed by atoms with Gasteiger partial charge in [0.15, 0.2) is 11.5 Å². The average Bonchev–Trinajstić information content (AvgIpc) is 2.94. The summed E-state index contributed by atoms with van der Waals surface area (Å²) in [5, 5.41) is 4.17. The van der Waals surface area contributed by atoms with Crippen LogP contribution in [0.15, 0.2) is 54.9 Å². The van der Waals surface area contributed by atoms with Gasteiger partial charge in [-0.05, 0) is 11.6 Å². The van der Waals surface area contributed by atoms with E-state index in [4.69, 9.17) is 9.47 Å². The van der Waals surface area contributed by atoms with Crippen LogP contribution >= 0.6 is 0 Å². The minimum atomic E-state index is 0.515. The van der Waals surface area contributed by atoms with Crippen molar-refractivity contribution in [3.05, 3.63) is 60.4 Å². The molecule has 0 atom stereocenters. The Labute approximate surface area is 111 Å². The van der Waals surface area contributed by atoms with Gasteiger partial charge < -0.3 is 9.47 Å². The number of rotatable bonds is 4. The monoisotopic (exact) mass is 254 g/mol. The van der Waals surface area contributed by atoms with Gasteiger partial charge in [0, 0.05) is 12.3 Å². The third-order valence-corrected chi connectivity index (χ3v) is 2.94. The van der Waals surface area contributed by atoms with Gasteiger partial charge in [-0.15, -0.1) is 0 Å². The third-order valence-electron chi connectivity index (χ3n) is 2.94. The lowest BCUT2D eigenvalue weighted by Crippen LogP contribution is -1.99. The molecule has 96 valence electrons. The summed E-state index contributed by atoms with van der Waals surface area (Å²) < 4.78 is 13.0. The number of benzene rings is 1. The lowest BCUT2D eigenvalue weighted by molar-refractivity contribution is 0.285. The van der Waals surface area contributed by atoms with E-state index in [1.807, 2.05) is 48.7 Å². The molecule has 4 heteroatoms. The Morgan fingerprint density at radius 2 is 1.95 bits per heavy atom. The number of ether oxygens (including phenoxy) is 2. The highest BCUT2D eigenvalue weighted by molar-refractivity contribution is 5.65. The largest absolute Gasteiger partial charge is 0.491 e. The van der Waals surface area contributed by atoms with Gasteiger partial charge in [-0.3, -0.25) is 0 Å². The van der Waals surface area contributed by atoms with E-state index in [1.165, 1.54) is 0 Å². The van der Waals surface area contributed by atoms with Crippen LogP contribution in [0, 0.1) is 0 Å². The Hall–Kier alpha value is -2.49. The van der Waals surface area contributed by atoms with Crippen LogP contribution in [0.2, 0.25) is 0 Å². The number of hydrogen-bond donors (Lipinski definition) is 0. The van der Waals surface area contributed by atoms with Crippen LogP contribution in [0.1, 0.15) is 5.56 Å². The van der Waals surface area contributed by atoms with Crippen molar-refractivity contribution in [3.63, 3.8) is 0 Å². The molecule has 0 aliphatic rings. The van der Waals surface area contributed by atoms with Crippen LogP contribution in [0.3, 0.4) is 0 Å². The van der Waals surface area contributed by atoms with Crippen LogP contribution in [0.5, 0.6) is 11.5 Å². The van der Waals surface area contributed by atoms with Crippen LogP contribution in [-0.4, -0.2) is 16.7 Å². The van der Waals surface area contributed by atoms with Crippen molar-refractivity contribution in [3.8, 4) is 11.5 Å². The Bertz CT molecular complexity index is 677. The molecule has 0 fully saturated rings. The van der Waals surface area contributed by atoms with Crippen LogP contribution in [0.4, 0.5) is 0 Å². The molecular weight excluding hydrogens is 240 g/mol. The molecule has 19 heavy (non-hydrogen) atoms. The van der Waals surface area contributed by atoms with Crippen LogP contribution in [-0.2, 0) is 6.61 Å². The normalized spacial score (nSPS) is 10.6. The summed E-state index contributed by atoms with van der Waals surface area (Å²) in [6.07, 6.45) is 3.59. The minimum absolute atomic E-state index is 0.515. The molecule has 0 unspecified atom stereocenters. The number of fused-ring (bicyclic) bond motifs is 1. The molecule has 3 aromatic rings.